The van der Waals surface area contributed by atoms with Crippen LogP contribution in [0.3, 0.4) is 0 Å². The molecule has 1 N–H and O–H groups in total. The second-order valence-electron chi connectivity index (χ2n) is 6.17. The molecule has 5 nitrogen and oxygen atoms in total. The lowest BCUT2D eigenvalue weighted by Crippen LogP contribution is -2.37. The van der Waals surface area contributed by atoms with Crippen molar-refractivity contribution in [3.8, 4) is 0 Å². The molecule has 0 bridgehead atoms. The highest BCUT2D eigenvalue weighted by Gasteiger charge is 2.26. The molecule has 0 aliphatic carbocycles. The van der Waals surface area contributed by atoms with Crippen LogP contribution in [0.15, 0.2) is 36.4 Å². The van der Waals surface area contributed by atoms with Gasteiger partial charge in [0.25, 0.3) is 5.91 Å². The SMILES string of the molecule is Cc1ccc(Cl)cc1NC(=O)c1ccc(N2CCCCS2(=O)=O)cc1Cl. The summed E-state index contributed by atoms with van der Waals surface area (Å²) in [5.74, 6) is -0.255. The van der Waals surface area contributed by atoms with Crippen molar-refractivity contribution >= 4 is 50.5 Å². The van der Waals surface area contributed by atoms with Crippen LogP contribution in [0, 0.1) is 6.92 Å². The normalized spacial score (nSPS) is 16.3. The minimum absolute atomic E-state index is 0.126. The number of aryl methyl sites for hydroxylation is 1. The van der Waals surface area contributed by atoms with Crippen LogP contribution in [0.1, 0.15) is 28.8 Å². The van der Waals surface area contributed by atoms with Gasteiger partial charge in [-0.3, -0.25) is 9.10 Å². The van der Waals surface area contributed by atoms with Crippen molar-refractivity contribution in [3.63, 3.8) is 0 Å². The van der Waals surface area contributed by atoms with Gasteiger partial charge < -0.3 is 5.32 Å². The number of rotatable bonds is 3. The number of halogens is 2. The summed E-state index contributed by atoms with van der Waals surface area (Å²) in [5.41, 5.74) is 2.21. The number of carbonyl (C=O) groups excluding carboxylic acids is 1. The molecule has 0 spiro atoms. The van der Waals surface area contributed by atoms with E-state index in [1.807, 2.05) is 13.0 Å². The maximum atomic E-state index is 12.5. The molecule has 1 aliphatic rings. The Labute approximate surface area is 163 Å². The first kappa shape index (κ1) is 19.0. The van der Waals surface area contributed by atoms with E-state index >= 15 is 0 Å². The van der Waals surface area contributed by atoms with Crippen molar-refractivity contribution in [3.05, 3.63) is 57.6 Å². The van der Waals surface area contributed by atoms with Gasteiger partial charge in [0.05, 0.1) is 22.0 Å². The summed E-state index contributed by atoms with van der Waals surface area (Å²) in [5, 5.41) is 3.49. The molecule has 0 aromatic heterocycles. The van der Waals surface area contributed by atoms with Gasteiger partial charge in [-0.1, -0.05) is 29.3 Å². The van der Waals surface area contributed by atoms with Crippen molar-refractivity contribution < 1.29 is 13.2 Å². The highest BCUT2D eigenvalue weighted by molar-refractivity contribution is 7.92. The molecule has 1 fully saturated rings. The number of hydrogen-bond acceptors (Lipinski definition) is 3. The highest BCUT2D eigenvalue weighted by Crippen LogP contribution is 2.29. The summed E-state index contributed by atoms with van der Waals surface area (Å²) >= 11 is 12.2. The first-order valence-corrected chi connectivity index (χ1v) is 10.5. The van der Waals surface area contributed by atoms with Gasteiger partial charge in [0, 0.05) is 17.3 Å². The lowest BCUT2D eigenvalue weighted by molar-refractivity contribution is 0.102. The van der Waals surface area contributed by atoms with Crippen molar-refractivity contribution in [2.24, 2.45) is 0 Å². The number of nitrogens with zero attached hydrogens (tertiary/aromatic N) is 1. The van der Waals surface area contributed by atoms with E-state index in [9.17, 15) is 13.2 Å². The number of amides is 1. The third-order valence-corrected chi connectivity index (χ3v) is 6.70. The molecule has 8 heteroatoms. The van der Waals surface area contributed by atoms with Crippen LogP contribution in [-0.4, -0.2) is 26.6 Å². The molecule has 1 aliphatic heterocycles. The average molecular weight is 413 g/mol. The Morgan fingerprint density at radius 3 is 2.58 bits per heavy atom. The number of nitrogens with one attached hydrogen (secondary N) is 1. The van der Waals surface area contributed by atoms with Gasteiger partial charge in [-0.25, -0.2) is 8.42 Å². The third-order valence-electron chi connectivity index (χ3n) is 4.28. The number of hydrogen-bond donors (Lipinski definition) is 1. The summed E-state index contributed by atoms with van der Waals surface area (Å²) in [6.45, 7) is 2.28. The Hall–Kier alpha value is -1.76. The fourth-order valence-corrected chi connectivity index (χ4v) is 4.90. The third kappa shape index (κ3) is 3.98. The lowest BCUT2D eigenvalue weighted by Gasteiger charge is -2.28. The van der Waals surface area contributed by atoms with E-state index < -0.39 is 10.0 Å². The Bertz CT molecular complexity index is 961. The molecule has 3 rings (SSSR count). The largest absolute Gasteiger partial charge is 0.322 e. The van der Waals surface area contributed by atoms with Crippen LogP contribution in [0.4, 0.5) is 11.4 Å². The van der Waals surface area contributed by atoms with E-state index in [4.69, 9.17) is 23.2 Å². The molecule has 1 saturated heterocycles. The topological polar surface area (TPSA) is 66.5 Å². The molecule has 1 heterocycles. The summed E-state index contributed by atoms with van der Waals surface area (Å²) in [6, 6.07) is 9.88. The van der Waals surface area contributed by atoms with Crippen LogP contribution in [-0.2, 0) is 10.0 Å². The molecular weight excluding hydrogens is 395 g/mol. The Balaban J connectivity index is 1.85. The fourth-order valence-electron chi connectivity index (χ4n) is 2.84. The van der Waals surface area contributed by atoms with Gasteiger partial charge >= 0.3 is 0 Å². The van der Waals surface area contributed by atoms with Gasteiger partial charge in [0.2, 0.25) is 10.0 Å². The van der Waals surface area contributed by atoms with Crippen molar-refractivity contribution in [2.45, 2.75) is 19.8 Å². The van der Waals surface area contributed by atoms with E-state index in [2.05, 4.69) is 5.32 Å². The second-order valence-corrected chi connectivity index (χ2v) is 9.03. The van der Waals surface area contributed by atoms with E-state index in [-0.39, 0.29) is 22.2 Å². The van der Waals surface area contributed by atoms with Crippen molar-refractivity contribution in [1.29, 1.82) is 0 Å². The van der Waals surface area contributed by atoms with Gasteiger partial charge in [0.15, 0.2) is 0 Å². The Morgan fingerprint density at radius 1 is 1.12 bits per heavy atom. The highest BCUT2D eigenvalue weighted by atomic mass is 35.5. The molecule has 0 radical (unpaired) electrons. The van der Waals surface area contributed by atoms with Crippen LogP contribution in [0.25, 0.3) is 0 Å². The molecule has 0 unspecified atom stereocenters. The summed E-state index contributed by atoms with van der Waals surface area (Å²) in [6.07, 6.45) is 1.46. The van der Waals surface area contributed by atoms with Crippen molar-refractivity contribution in [1.82, 2.24) is 0 Å². The predicted octanol–water partition coefficient (Wildman–Crippen LogP) is 4.48. The Kier molecular flexibility index (Phi) is 5.46. The zero-order chi connectivity index (χ0) is 18.9. The lowest BCUT2D eigenvalue weighted by atomic mass is 10.1. The van der Waals surface area contributed by atoms with E-state index in [0.29, 0.717) is 29.4 Å². The van der Waals surface area contributed by atoms with Crippen molar-refractivity contribution in [2.75, 3.05) is 21.9 Å². The number of carbonyl (C=O) groups is 1. The van der Waals surface area contributed by atoms with E-state index in [0.717, 1.165) is 12.0 Å². The molecule has 0 saturated carbocycles. The van der Waals surface area contributed by atoms with Gasteiger partial charge in [-0.05, 0) is 55.7 Å². The summed E-state index contributed by atoms with van der Waals surface area (Å²) < 4.78 is 25.8. The minimum atomic E-state index is -3.33. The zero-order valence-corrected chi connectivity index (χ0v) is 16.5. The summed E-state index contributed by atoms with van der Waals surface area (Å²) in [7, 11) is -3.33. The average Bonchev–Trinajstić information content (AvgIpc) is 2.57. The molecule has 138 valence electrons. The summed E-state index contributed by atoms with van der Waals surface area (Å²) in [4.78, 5) is 12.5. The molecule has 1 amide bonds. The number of anilines is 2. The first-order chi connectivity index (χ1) is 12.3. The monoisotopic (exact) mass is 412 g/mol. The minimum Gasteiger partial charge on any atom is -0.322 e. The van der Waals surface area contributed by atoms with Gasteiger partial charge in [0.1, 0.15) is 0 Å². The molecular formula is C18H18Cl2N2O3S. The van der Waals surface area contributed by atoms with Crippen LogP contribution in [0.2, 0.25) is 10.0 Å². The Morgan fingerprint density at radius 2 is 1.88 bits per heavy atom. The van der Waals surface area contributed by atoms with Crippen LogP contribution in [0.5, 0.6) is 0 Å². The van der Waals surface area contributed by atoms with Gasteiger partial charge in [-0.15, -0.1) is 0 Å². The van der Waals surface area contributed by atoms with E-state index in [1.165, 1.54) is 16.4 Å². The quantitative estimate of drug-likeness (QED) is 0.807. The van der Waals surface area contributed by atoms with Crippen LogP contribution < -0.4 is 9.62 Å². The maximum absolute atomic E-state index is 12.5. The maximum Gasteiger partial charge on any atom is 0.257 e. The predicted molar refractivity (Wildman–Crippen MR) is 106 cm³/mol. The molecule has 26 heavy (non-hydrogen) atoms. The standard InChI is InChI=1S/C18H18Cl2N2O3S/c1-12-4-5-13(19)10-17(12)21-18(23)15-7-6-14(11-16(15)20)22-8-2-3-9-26(22,24)25/h4-7,10-11H,2-3,8-9H2,1H3,(H,21,23). The smallest absolute Gasteiger partial charge is 0.257 e. The van der Waals surface area contributed by atoms with Gasteiger partial charge in [-0.2, -0.15) is 0 Å². The molecule has 2 aromatic rings. The number of benzene rings is 2. The second kappa shape index (κ2) is 7.47. The first-order valence-electron chi connectivity index (χ1n) is 8.15. The molecule has 2 aromatic carbocycles. The fraction of sp³-hybridized carbons (Fsp3) is 0.278. The van der Waals surface area contributed by atoms with E-state index in [1.54, 1.807) is 18.2 Å². The van der Waals surface area contributed by atoms with Crippen LogP contribution >= 0.6 is 23.2 Å². The number of sulfonamides is 1. The zero-order valence-electron chi connectivity index (χ0n) is 14.1. The molecule has 0 atom stereocenters.